The van der Waals surface area contributed by atoms with Crippen LogP contribution in [0.5, 0.6) is 0 Å². The van der Waals surface area contributed by atoms with Crippen molar-refractivity contribution in [2.24, 2.45) is 0 Å². The molecule has 182 valence electrons. The zero-order valence-corrected chi connectivity index (χ0v) is 22.0. The fourth-order valence-electron chi connectivity index (χ4n) is 1.60. The van der Waals surface area contributed by atoms with Gasteiger partial charge < -0.3 is 17.2 Å². The van der Waals surface area contributed by atoms with Crippen molar-refractivity contribution < 1.29 is 65.4 Å². The minimum absolute atomic E-state index is 0. The van der Waals surface area contributed by atoms with E-state index in [4.69, 9.17) is 17.2 Å². The molecule has 3 nitrogen and oxygen atoms in total. The number of halogens is 9. The zero-order chi connectivity index (χ0) is 24.6. The van der Waals surface area contributed by atoms with Gasteiger partial charge in [-0.1, -0.05) is 40.0 Å². The summed E-state index contributed by atoms with van der Waals surface area (Å²) in [6.07, 6.45) is 2.96. The van der Waals surface area contributed by atoms with Gasteiger partial charge in [0.15, 0.2) is 0 Å². The van der Waals surface area contributed by atoms with Crippen LogP contribution in [0.1, 0.15) is 40.0 Å². The van der Waals surface area contributed by atoms with Crippen molar-refractivity contribution in [1.29, 1.82) is 0 Å². The van der Waals surface area contributed by atoms with Crippen molar-refractivity contribution in [3.63, 3.8) is 0 Å². The monoisotopic (exact) mass is 653 g/mol. The molecule has 0 aliphatic rings. The van der Waals surface area contributed by atoms with E-state index in [0.717, 1.165) is 19.3 Å². The maximum atomic E-state index is 12.6. The van der Waals surface area contributed by atoms with Crippen molar-refractivity contribution in [2.75, 3.05) is 19.6 Å². The fraction of sp³-hybridized carbons (Fsp3) is 0.706. The van der Waals surface area contributed by atoms with Gasteiger partial charge in [0.25, 0.3) is 0 Å². The topological polar surface area (TPSA) is 71.4 Å². The first-order chi connectivity index (χ1) is 13.6. The number of hydrogen-bond acceptors (Lipinski definition) is 0. The summed E-state index contributed by atoms with van der Waals surface area (Å²) in [5.41, 5.74) is 19.4. The van der Waals surface area contributed by atoms with Gasteiger partial charge in [-0.3, -0.25) is 0 Å². The van der Waals surface area contributed by atoms with Crippen LogP contribution >= 0.6 is 0 Å². The molecule has 1 rings (SSSR count). The van der Waals surface area contributed by atoms with Crippen LogP contribution in [0.2, 0.25) is 0 Å². The number of rotatable bonds is 4. The minimum atomic E-state index is -7.72. The van der Waals surface area contributed by atoms with E-state index in [2.05, 4.69) is 0 Å². The molecule has 0 spiro atoms. The largest absolute Gasteiger partial charge is 4.00 e. The van der Waals surface area contributed by atoms with Gasteiger partial charge in [-0.2, -0.15) is 71.3 Å². The van der Waals surface area contributed by atoms with Crippen LogP contribution in [0.4, 0.5) is 39.5 Å². The van der Waals surface area contributed by atoms with Crippen LogP contribution in [0.15, 0.2) is 24.3 Å². The molecule has 31 heavy (non-hydrogen) atoms. The van der Waals surface area contributed by atoms with Gasteiger partial charge in [-0.05, 0) is 0 Å². The second-order valence-electron chi connectivity index (χ2n) is 5.67. The van der Waals surface area contributed by atoms with Gasteiger partial charge >= 0.3 is 51.3 Å². The number of nitrogens with one attached hydrogen (secondary N) is 3. The molecule has 0 amide bonds. The van der Waals surface area contributed by atoms with Gasteiger partial charge in [0, 0.05) is 0 Å². The van der Waals surface area contributed by atoms with Crippen LogP contribution in [0.3, 0.4) is 0 Å². The normalized spacial score (nSPS) is 11.6. The molecule has 0 heterocycles. The molecule has 0 radical (unpaired) electrons. The molecule has 0 fully saturated rings. The summed E-state index contributed by atoms with van der Waals surface area (Å²) < 4.78 is 113. The molecule has 0 saturated carbocycles. The third-order valence-corrected chi connectivity index (χ3v) is 6.87. The summed E-state index contributed by atoms with van der Waals surface area (Å²) >= 11 is 0. The fourth-order valence-corrected chi connectivity index (χ4v) is 4.24. The van der Waals surface area contributed by atoms with E-state index in [9.17, 15) is 39.5 Å². The van der Waals surface area contributed by atoms with E-state index in [1.165, 1.54) is 0 Å². The Kier molecular flexibility index (Phi) is 22.2. The van der Waals surface area contributed by atoms with E-state index in [-0.39, 0.29) is 38.0 Å². The first-order valence-electron chi connectivity index (χ1n) is 8.96. The predicted octanol–water partition coefficient (Wildman–Crippen LogP) is 7.71. The summed E-state index contributed by atoms with van der Waals surface area (Å²) in [5.74, 6) is -19.2. The Morgan fingerprint density at radius 3 is 0.935 bits per heavy atom. The van der Waals surface area contributed by atoms with E-state index < -0.39 is 30.7 Å². The maximum absolute atomic E-state index is 12.6. The van der Waals surface area contributed by atoms with Crippen LogP contribution in [-0.2, 0) is 25.8 Å². The van der Waals surface area contributed by atoms with Crippen molar-refractivity contribution >= 4 is 13.3 Å². The third-order valence-electron chi connectivity index (χ3n) is 3.12. The third kappa shape index (κ3) is 12.5. The molecule has 3 N–H and O–H groups in total. The van der Waals surface area contributed by atoms with Gasteiger partial charge in [-0.25, -0.2) is 12.1 Å². The molecule has 0 atom stereocenters. The molecule has 0 unspecified atom stereocenters. The van der Waals surface area contributed by atoms with Crippen LogP contribution < -0.4 is 5.19 Å². The van der Waals surface area contributed by atoms with E-state index >= 15 is 0 Å². The van der Waals surface area contributed by atoms with Crippen LogP contribution in [0, 0.1) is 0 Å². The summed E-state index contributed by atoms with van der Waals surface area (Å²) in [6.45, 7) is 7.69. The van der Waals surface area contributed by atoms with Gasteiger partial charge in [-0.15, -0.1) is 5.19 Å². The quantitative estimate of drug-likeness (QED) is 0.182. The standard InChI is InChI=1S/C8H4F9Si.3C3H8N.Hf/c9-6(10,11)18(7(12,13)14,8(15,16)17)5-3-1-2-4-5;3*1-2-3-4;/h1-4H;3*4H,2-3H2,1H3;/q4*-1;+4. The van der Waals surface area contributed by atoms with E-state index in [0.29, 0.717) is 31.8 Å². The summed E-state index contributed by atoms with van der Waals surface area (Å²) in [6, 6.07) is 1.84. The predicted molar refractivity (Wildman–Crippen MR) is 104 cm³/mol. The molecule has 0 aliphatic carbocycles. The SMILES string of the molecule is CCC[NH-].CCC[NH-].CCC[NH-].FC(F)(F)[Si]([c-]1cccc1)(C(F)(F)F)C(F)(F)F.[Hf+4]. The van der Waals surface area contributed by atoms with Crippen molar-refractivity contribution in [3.8, 4) is 0 Å². The maximum Gasteiger partial charge on any atom is 4.00 e. The second-order valence-corrected chi connectivity index (χ2v) is 9.45. The number of alkyl halides is 9. The van der Waals surface area contributed by atoms with Crippen molar-refractivity contribution in [2.45, 2.75) is 57.4 Å². The molecule has 0 saturated heterocycles. The molecular formula is C17H28F9HfN3Si. The minimum Gasteiger partial charge on any atom is -0.677 e. The molecule has 14 heteroatoms. The smallest absolute Gasteiger partial charge is 0.677 e. The average Bonchev–Trinajstić information content (AvgIpc) is 3.13. The Balaban J connectivity index is -0.000000232. The van der Waals surface area contributed by atoms with Gasteiger partial charge in [0.2, 0.25) is 0 Å². The second kappa shape index (κ2) is 18.2. The number of hydrogen-bond donors (Lipinski definition) is 0. The molecule has 0 bridgehead atoms. The summed E-state index contributed by atoms with van der Waals surface area (Å²) in [5, 5.41) is -1.75. The van der Waals surface area contributed by atoms with E-state index in [1.54, 1.807) is 0 Å². The first-order valence-corrected chi connectivity index (χ1v) is 11.0. The molecule has 0 aliphatic heterocycles. The zero-order valence-electron chi connectivity index (χ0n) is 17.5. The van der Waals surface area contributed by atoms with Crippen LogP contribution in [0.25, 0.3) is 17.2 Å². The first kappa shape index (κ1) is 38.0. The molecular weight excluding hydrogens is 624 g/mol. The Morgan fingerprint density at radius 1 is 0.613 bits per heavy atom. The Morgan fingerprint density at radius 2 is 0.806 bits per heavy atom. The van der Waals surface area contributed by atoms with E-state index in [1.807, 2.05) is 20.8 Å². The summed E-state index contributed by atoms with van der Waals surface area (Å²) in [7, 11) is -7.72. The van der Waals surface area contributed by atoms with Gasteiger partial charge in [0.1, 0.15) is 0 Å². The molecule has 1 aromatic carbocycles. The Hall–Kier alpha value is -0.313. The average molecular weight is 652 g/mol. The van der Waals surface area contributed by atoms with Crippen molar-refractivity contribution in [1.82, 2.24) is 0 Å². The Bertz CT molecular complexity index is 453. The molecule has 1 aromatic rings. The van der Waals surface area contributed by atoms with Crippen molar-refractivity contribution in [3.05, 3.63) is 41.5 Å². The Labute approximate surface area is 197 Å². The summed E-state index contributed by atoms with van der Waals surface area (Å²) in [4.78, 5) is 0. The van der Waals surface area contributed by atoms with Crippen LogP contribution in [-0.4, -0.2) is 45.1 Å². The molecule has 0 aromatic heterocycles. The van der Waals surface area contributed by atoms with Gasteiger partial charge in [0.05, 0.1) is 0 Å².